The highest BCUT2D eigenvalue weighted by molar-refractivity contribution is 6.31. The van der Waals surface area contributed by atoms with Gasteiger partial charge in [0.1, 0.15) is 0 Å². The number of carboxylic acid groups (broad SMARTS) is 2. The predicted octanol–water partition coefficient (Wildman–Crippen LogP) is 3.99. The molecule has 1 aromatic rings. The van der Waals surface area contributed by atoms with Gasteiger partial charge in [-0.15, -0.1) is 0 Å². The first-order valence-corrected chi connectivity index (χ1v) is 13.6. The molecule has 0 unspecified atom stereocenters. The number of aliphatic hydroxyl groups is 1. The van der Waals surface area contributed by atoms with Gasteiger partial charge in [0.05, 0.1) is 11.0 Å². The third-order valence-electron chi connectivity index (χ3n) is 8.20. The number of hydrogen-bond acceptors (Lipinski definition) is 5. The number of hydrogen-bond donors (Lipinski definition) is 3. The van der Waals surface area contributed by atoms with Crippen LogP contribution in [0, 0.1) is 5.41 Å². The molecule has 1 aromatic carbocycles. The minimum atomic E-state index is -1.26. The molecule has 1 heterocycles. The zero-order valence-electron chi connectivity index (χ0n) is 21.6. The first-order valence-electron chi connectivity index (χ1n) is 13.2. The zero-order chi connectivity index (χ0) is 27.1. The molecule has 0 spiro atoms. The highest BCUT2D eigenvalue weighted by atomic mass is 35.5. The van der Waals surface area contributed by atoms with Gasteiger partial charge in [0.25, 0.3) is 0 Å². The Balaban J connectivity index is 0.000000414. The van der Waals surface area contributed by atoms with Crippen molar-refractivity contribution in [2.45, 2.75) is 75.9 Å². The van der Waals surface area contributed by atoms with E-state index in [1.54, 1.807) is 0 Å². The summed E-state index contributed by atoms with van der Waals surface area (Å²) < 4.78 is 0. The molecule has 9 heteroatoms. The van der Waals surface area contributed by atoms with Crippen molar-refractivity contribution < 1.29 is 29.7 Å². The molecule has 204 valence electrons. The van der Waals surface area contributed by atoms with E-state index in [4.69, 9.17) is 21.8 Å². The van der Waals surface area contributed by atoms with Gasteiger partial charge in [-0.05, 0) is 56.6 Å². The van der Waals surface area contributed by atoms with E-state index in [9.17, 15) is 19.5 Å². The van der Waals surface area contributed by atoms with Gasteiger partial charge in [0.15, 0.2) is 0 Å². The van der Waals surface area contributed by atoms with Crippen LogP contribution in [0.1, 0.15) is 63.4 Å². The van der Waals surface area contributed by atoms with Crippen molar-refractivity contribution in [1.29, 1.82) is 0 Å². The van der Waals surface area contributed by atoms with Crippen molar-refractivity contribution in [3.8, 4) is 0 Å². The molecule has 3 N–H and O–H groups in total. The monoisotopic (exact) mass is 534 g/mol. The van der Waals surface area contributed by atoms with Crippen LogP contribution in [0.5, 0.6) is 0 Å². The fourth-order valence-electron chi connectivity index (χ4n) is 5.72. The summed E-state index contributed by atoms with van der Waals surface area (Å²) in [5.74, 6) is -2.31. The normalized spacial score (nSPS) is 21.1. The lowest BCUT2D eigenvalue weighted by Gasteiger charge is -2.45. The maximum Gasteiger partial charge on any atom is 0.328 e. The quantitative estimate of drug-likeness (QED) is 0.431. The molecule has 3 fully saturated rings. The first-order chi connectivity index (χ1) is 17.6. The second-order valence-corrected chi connectivity index (χ2v) is 10.9. The molecule has 37 heavy (non-hydrogen) atoms. The van der Waals surface area contributed by atoms with E-state index in [2.05, 4.69) is 11.0 Å². The van der Waals surface area contributed by atoms with E-state index >= 15 is 0 Å². The predicted molar refractivity (Wildman–Crippen MR) is 142 cm³/mol. The number of carbonyl (C=O) groups is 3. The van der Waals surface area contributed by atoms with Crippen LogP contribution in [0.2, 0.25) is 5.02 Å². The Morgan fingerprint density at radius 1 is 1.00 bits per heavy atom. The summed E-state index contributed by atoms with van der Waals surface area (Å²) in [4.78, 5) is 36.9. The topological polar surface area (TPSA) is 118 Å². The van der Waals surface area contributed by atoms with Crippen LogP contribution >= 0.6 is 11.6 Å². The number of rotatable bonds is 8. The molecular weight excluding hydrogens is 496 g/mol. The highest BCUT2D eigenvalue weighted by Crippen LogP contribution is 2.59. The Morgan fingerprint density at radius 2 is 1.57 bits per heavy atom. The van der Waals surface area contributed by atoms with Gasteiger partial charge in [-0.3, -0.25) is 4.79 Å². The first kappa shape index (κ1) is 29.1. The summed E-state index contributed by atoms with van der Waals surface area (Å²) in [6, 6.07) is 8.39. The van der Waals surface area contributed by atoms with Gasteiger partial charge in [-0.25, -0.2) is 9.59 Å². The van der Waals surface area contributed by atoms with Gasteiger partial charge in [0.2, 0.25) is 5.91 Å². The molecule has 3 aliphatic rings. The van der Waals surface area contributed by atoms with E-state index < -0.39 is 23.0 Å². The summed E-state index contributed by atoms with van der Waals surface area (Å²) in [5.41, 5.74) is -0.181. The van der Waals surface area contributed by atoms with Crippen molar-refractivity contribution in [3.63, 3.8) is 0 Å². The van der Waals surface area contributed by atoms with Gasteiger partial charge >= 0.3 is 11.9 Å². The maximum absolute atomic E-state index is 13.4. The molecule has 2 saturated carbocycles. The molecule has 4 rings (SSSR count). The van der Waals surface area contributed by atoms with Crippen LogP contribution in [0.15, 0.2) is 36.4 Å². The van der Waals surface area contributed by atoms with E-state index in [-0.39, 0.29) is 5.91 Å². The molecular formula is C28H39ClN2O6. The van der Waals surface area contributed by atoms with Crippen molar-refractivity contribution >= 4 is 29.4 Å². The van der Waals surface area contributed by atoms with Crippen LogP contribution in [0.25, 0.3) is 0 Å². The van der Waals surface area contributed by atoms with Crippen molar-refractivity contribution in [1.82, 2.24) is 9.80 Å². The summed E-state index contributed by atoms with van der Waals surface area (Å²) >= 11 is 6.28. The average Bonchev–Trinajstić information content (AvgIpc) is 3.71. The number of nitrogens with zero attached hydrogens (tertiary/aromatic N) is 2. The van der Waals surface area contributed by atoms with Crippen molar-refractivity contribution in [2.75, 3.05) is 26.7 Å². The summed E-state index contributed by atoms with van der Waals surface area (Å²) in [6.45, 7) is 2.65. The molecule has 1 amide bonds. The summed E-state index contributed by atoms with van der Waals surface area (Å²) in [6.07, 6.45) is 11.1. The number of amides is 1. The lowest BCUT2D eigenvalue weighted by atomic mass is 9.75. The molecule has 0 aromatic heterocycles. The summed E-state index contributed by atoms with van der Waals surface area (Å²) in [5, 5.41) is 28.0. The standard InChI is InChI=1S/C24H35ClN2O2.C4H4O4/c1-26(20-8-3-2-4-9-20)22(28)23(12-13-23)24(29)14-17-27(18-15-24)16-11-19-7-5-6-10-21(19)25;5-3(6)1-2-4(7)8/h5-7,10,20,29H,2-4,8-9,11-18H2,1H3;1-2H,(H,5,6)(H,7,8)/b;2-1-. The van der Waals surface area contributed by atoms with E-state index in [0.717, 1.165) is 56.8 Å². The minimum Gasteiger partial charge on any atom is -0.478 e. The second kappa shape index (κ2) is 12.9. The number of halogens is 1. The lowest BCUT2D eigenvalue weighted by Crippen LogP contribution is -2.56. The average molecular weight is 535 g/mol. The van der Waals surface area contributed by atoms with E-state index in [0.29, 0.717) is 31.0 Å². The largest absolute Gasteiger partial charge is 0.478 e. The lowest BCUT2D eigenvalue weighted by molar-refractivity contribution is -0.155. The van der Waals surface area contributed by atoms with Crippen LogP contribution in [0.4, 0.5) is 0 Å². The van der Waals surface area contributed by atoms with Gasteiger partial charge in [-0.2, -0.15) is 0 Å². The van der Waals surface area contributed by atoms with Crippen molar-refractivity contribution in [3.05, 3.63) is 47.0 Å². The van der Waals surface area contributed by atoms with Gasteiger partial charge in [0, 0.05) is 49.9 Å². The van der Waals surface area contributed by atoms with E-state index in [1.165, 1.54) is 24.8 Å². The Kier molecular flexibility index (Phi) is 10.2. The Hall–Kier alpha value is -2.42. The molecule has 0 radical (unpaired) electrons. The van der Waals surface area contributed by atoms with Crippen LogP contribution in [-0.4, -0.2) is 81.3 Å². The van der Waals surface area contributed by atoms with Crippen LogP contribution in [0.3, 0.4) is 0 Å². The highest BCUT2D eigenvalue weighted by Gasteiger charge is 2.65. The minimum absolute atomic E-state index is 0.205. The van der Waals surface area contributed by atoms with Crippen LogP contribution in [-0.2, 0) is 20.8 Å². The second-order valence-electron chi connectivity index (χ2n) is 10.5. The van der Waals surface area contributed by atoms with Crippen molar-refractivity contribution in [2.24, 2.45) is 5.41 Å². The number of carbonyl (C=O) groups excluding carboxylic acids is 1. The fourth-order valence-corrected chi connectivity index (χ4v) is 5.95. The number of carboxylic acids is 2. The maximum atomic E-state index is 13.4. The third-order valence-corrected chi connectivity index (χ3v) is 8.57. The SMILES string of the molecule is CN(C(=O)C1(C2(O)CCN(CCc3ccccc3Cl)CC2)CC1)C1CCCCC1.O=C(O)/C=C\C(=O)O. The fraction of sp³-hybridized carbons (Fsp3) is 0.607. The summed E-state index contributed by atoms with van der Waals surface area (Å²) in [7, 11) is 1.97. The molecule has 1 saturated heterocycles. The zero-order valence-corrected chi connectivity index (χ0v) is 22.3. The number of piperidine rings is 1. The Morgan fingerprint density at radius 3 is 2.08 bits per heavy atom. The number of aliphatic carboxylic acids is 2. The van der Waals surface area contributed by atoms with Gasteiger partial charge in [-0.1, -0.05) is 49.1 Å². The molecule has 0 bridgehead atoms. The molecule has 8 nitrogen and oxygen atoms in total. The molecule has 1 aliphatic heterocycles. The molecule has 0 atom stereocenters. The number of likely N-dealkylation sites (tertiary alicyclic amines) is 1. The molecule has 2 aliphatic carbocycles. The Bertz CT molecular complexity index is 963. The van der Waals surface area contributed by atoms with Crippen LogP contribution < -0.4 is 0 Å². The van der Waals surface area contributed by atoms with E-state index in [1.807, 2.05) is 30.1 Å². The Labute approximate surface area is 223 Å². The number of benzene rings is 1. The van der Waals surface area contributed by atoms with Gasteiger partial charge < -0.3 is 25.1 Å². The smallest absolute Gasteiger partial charge is 0.328 e. The third kappa shape index (κ3) is 7.55.